The zero-order valence-corrected chi connectivity index (χ0v) is 51.8. The van der Waals surface area contributed by atoms with Crippen molar-refractivity contribution in [3.05, 3.63) is 12.2 Å². The topological polar surface area (TPSA) is 95.9 Å². The van der Waals surface area contributed by atoms with Crippen LogP contribution in [0.5, 0.6) is 0 Å². The summed E-state index contributed by atoms with van der Waals surface area (Å²) in [7, 11) is 0. The number of hydrogen-bond acceptors (Lipinski definition) is 5. The van der Waals surface area contributed by atoms with E-state index in [0.717, 1.165) is 44.9 Å². The third kappa shape index (κ3) is 61.8. The van der Waals surface area contributed by atoms with Crippen LogP contribution in [0.25, 0.3) is 0 Å². The largest absolute Gasteiger partial charge is 0.466 e. The molecule has 0 heterocycles. The lowest BCUT2D eigenvalue weighted by molar-refractivity contribution is -0.143. The molecule has 0 aromatic rings. The first-order valence-corrected chi connectivity index (χ1v) is 34.9. The number of hydrogen-bond donors (Lipinski definition) is 3. The Hall–Kier alpha value is -1.40. The number of esters is 1. The fraction of sp³-hybridized carbons (Fsp3) is 0.943. The van der Waals surface area contributed by atoms with Gasteiger partial charge < -0.3 is 20.3 Å². The van der Waals surface area contributed by atoms with E-state index in [9.17, 15) is 19.8 Å². The Morgan fingerprint density at radius 1 is 0.355 bits per heavy atom. The number of amides is 1. The molecule has 0 bridgehead atoms. The quantitative estimate of drug-likeness (QED) is 0.0320. The second kappa shape index (κ2) is 66.1. The van der Waals surface area contributed by atoms with Crippen LogP contribution in [0.2, 0.25) is 0 Å². The number of carbonyl (C=O) groups is 2. The van der Waals surface area contributed by atoms with Gasteiger partial charge in [-0.25, -0.2) is 0 Å². The van der Waals surface area contributed by atoms with Crippen molar-refractivity contribution in [2.45, 2.75) is 411 Å². The number of nitrogens with one attached hydrogen (secondary N) is 1. The summed E-state index contributed by atoms with van der Waals surface area (Å²) < 4.78 is 5.50. The highest BCUT2D eigenvalue weighted by atomic mass is 16.5. The third-order valence-electron chi connectivity index (χ3n) is 16.6. The van der Waals surface area contributed by atoms with Crippen LogP contribution in [0, 0.1) is 0 Å². The minimum atomic E-state index is -0.661. The van der Waals surface area contributed by atoms with Gasteiger partial charge in [0.15, 0.2) is 0 Å². The first kappa shape index (κ1) is 74.6. The highest BCUT2D eigenvalue weighted by molar-refractivity contribution is 5.76. The van der Waals surface area contributed by atoms with E-state index in [0.29, 0.717) is 25.9 Å². The lowest BCUT2D eigenvalue weighted by atomic mass is 10.0. The molecule has 0 saturated heterocycles. The molecule has 6 heteroatoms. The zero-order chi connectivity index (χ0) is 55.0. The molecular formula is C70H137NO5. The molecule has 0 aliphatic carbocycles. The van der Waals surface area contributed by atoms with Crippen LogP contribution in [0.3, 0.4) is 0 Å². The van der Waals surface area contributed by atoms with Gasteiger partial charge in [0.05, 0.1) is 25.4 Å². The molecule has 0 fully saturated rings. The molecule has 0 rings (SSSR count). The molecule has 0 saturated carbocycles. The number of allylic oxidation sites excluding steroid dienone is 2. The van der Waals surface area contributed by atoms with Gasteiger partial charge in [0.2, 0.25) is 5.91 Å². The smallest absolute Gasteiger partial charge is 0.305 e. The van der Waals surface area contributed by atoms with Gasteiger partial charge in [-0.2, -0.15) is 0 Å². The van der Waals surface area contributed by atoms with Crippen molar-refractivity contribution in [1.29, 1.82) is 0 Å². The summed E-state index contributed by atoms with van der Waals surface area (Å²) in [6, 6.07) is -0.538. The molecule has 2 atom stereocenters. The Labute approximate surface area is 476 Å². The molecule has 3 N–H and O–H groups in total. The number of carbonyl (C=O) groups excluding carboxylic acids is 2. The maximum atomic E-state index is 12.5. The van der Waals surface area contributed by atoms with E-state index < -0.39 is 12.1 Å². The Morgan fingerprint density at radius 2 is 0.618 bits per heavy atom. The summed E-state index contributed by atoms with van der Waals surface area (Å²) in [5.74, 6) is -0.0126. The number of ether oxygens (including phenoxy) is 1. The lowest BCUT2D eigenvalue weighted by Crippen LogP contribution is -2.45. The van der Waals surface area contributed by atoms with E-state index in [1.165, 1.54) is 321 Å². The molecule has 1 amide bonds. The Morgan fingerprint density at radius 3 is 0.934 bits per heavy atom. The maximum Gasteiger partial charge on any atom is 0.305 e. The highest BCUT2D eigenvalue weighted by Gasteiger charge is 2.20. The number of aliphatic hydroxyl groups is 2. The van der Waals surface area contributed by atoms with E-state index in [-0.39, 0.29) is 18.5 Å². The molecule has 6 nitrogen and oxygen atoms in total. The van der Waals surface area contributed by atoms with Crippen LogP contribution in [0.15, 0.2) is 12.2 Å². The van der Waals surface area contributed by atoms with Gasteiger partial charge in [-0.15, -0.1) is 0 Å². The van der Waals surface area contributed by atoms with E-state index in [2.05, 4.69) is 31.3 Å². The summed E-state index contributed by atoms with van der Waals surface area (Å²) in [6.07, 6.45) is 81.2. The van der Waals surface area contributed by atoms with E-state index in [4.69, 9.17) is 4.74 Å². The van der Waals surface area contributed by atoms with Crippen LogP contribution in [0.4, 0.5) is 0 Å². The van der Waals surface area contributed by atoms with Crippen molar-refractivity contribution in [2.24, 2.45) is 0 Å². The molecule has 0 aromatic carbocycles. The van der Waals surface area contributed by atoms with Crippen molar-refractivity contribution in [3.63, 3.8) is 0 Å². The van der Waals surface area contributed by atoms with Crippen LogP contribution in [0.1, 0.15) is 399 Å². The third-order valence-corrected chi connectivity index (χ3v) is 16.6. The van der Waals surface area contributed by atoms with Gasteiger partial charge in [-0.1, -0.05) is 347 Å². The van der Waals surface area contributed by atoms with Crippen LogP contribution >= 0.6 is 0 Å². The molecule has 76 heavy (non-hydrogen) atoms. The molecule has 0 aliphatic rings. The monoisotopic (exact) mass is 1070 g/mol. The predicted octanol–water partition coefficient (Wildman–Crippen LogP) is 22.4. The van der Waals surface area contributed by atoms with Crippen molar-refractivity contribution in [2.75, 3.05) is 13.2 Å². The summed E-state index contributed by atoms with van der Waals surface area (Å²) in [5, 5.41) is 23.3. The van der Waals surface area contributed by atoms with Gasteiger partial charge in [0.1, 0.15) is 0 Å². The van der Waals surface area contributed by atoms with Crippen LogP contribution in [-0.4, -0.2) is 47.4 Å². The first-order chi connectivity index (χ1) is 37.5. The number of unbranched alkanes of at least 4 members (excludes halogenated alkanes) is 53. The molecule has 452 valence electrons. The van der Waals surface area contributed by atoms with Crippen LogP contribution in [-0.2, 0) is 14.3 Å². The second-order valence-electron chi connectivity index (χ2n) is 24.2. The van der Waals surface area contributed by atoms with Gasteiger partial charge in [0, 0.05) is 12.8 Å². The molecule has 0 spiro atoms. The minimum Gasteiger partial charge on any atom is -0.466 e. The Bertz CT molecular complexity index is 1140. The lowest BCUT2D eigenvalue weighted by Gasteiger charge is -2.22. The number of rotatable bonds is 66. The van der Waals surface area contributed by atoms with Gasteiger partial charge in [-0.3, -0.25) is 9.59 Å². The fourth-order valence-electron chi connectivity index (χ4n) is 11.2. The molecule has 0 aliphatic heterocycles. The van der Waals surface area contributed by atoms with Crippen molar-refractivity contribution in [1.82, 2.24) is 5.32 Å². The van der Waals surface area contributed by atoms with Crippen molar-refractivity contribution in [3.8, 4) is 0 Å². The first-order valence-electron chi connectivity index (χ1n) is 34.9. The molecular weight excluding hydrogens is 935 g/mol. The zero-order valence-electron chi connectivity index (χ0n) is 51.8. The average molecular weight is 1070 g/mol. The Kier molecular flexibility index (Phi) is 64.9. The molecule has 0 aromatic heterocycles. The van der Waals surface area contributed by atoms with E-state index in [1.54, 1.807) is 0 Å². The van der Waals surface area contributed by atoms with E-state index >= 15 is 0 Å². The predicted molar refractivity (Wildman–Crippen MR) is 333 cm³/mol. The summed E-state index contributed by atoms with van der Waals surface area (Å²) in [6.45, 7) is 4.98. The van der Waals surface area contributed by atoms with Gasteiger partial charge >= 0.3 is 5.97 Å². The summed E-state index contributed by atoms with van der Waals surface area (Å²) in [5.41, 5.74) is 0. The standard InChI is InChI=1S/C70H137NO5/c1-3-5-7-9-11-13-15-17-19-32-36-40-44-48-52-56-60-64-70(75)76-65-61-57-53-49-45-41-37-34-31-29-27-25-23-21-20-22-24-26-28-30-33-35-39-43-47-51-55-59-63-69(74)71-67(66-72)68(73)62-58-54-50-46-42-38-18-16-14-12-10-8-6-4-2/h17,19,67-68,72-73H,3-16,18,20-66H2,1-2H3,(H,71,74)/b19-17-. The van der Waals surface area contributed by atoms with Crippen LogP contribution < -0.4 is 5.32 Å². The normalized spacial score (nSPS) is 12.5. The SMILES string of the molecule is CCCCCCCC/C=C\CCCCCCCCCC(=O)OCCCCCCCCCCCCCCCCCCCCCCCCCCCCCCC(=O)NC(CO)C(O)CCCCCCCCCCCCCCCC. The molecule has 0 radical (unpaired) electrons. The highest BCUT2D eigenvalue weighted by Crippen LogP contribution is 2.19. The van der Waals surface area contributed by atoms with Gasteiger partial charge in [-0.05, 0) is 51.4 Å². The summed E-state index contributed by atoms with van der Waals surface area (Å²) >= 11 is 0. The summed E-state index contributed by atoms with van der Waals surface area (Å²) in [4.78, 5) is 24.6. The Balaban J connectivity index is 3.32. The molecule has 2 unspecified atom stereocenters. The minimum absolute atomic E-state index is 0.0164. The maximum absolute atomic E-state index is 12.5. The van der Waals surface area contributed by atoms with E-state index in [1.807, 2.05) is 0 Å². The van der Waals surface area contributed by atoms with Gasteiger partial charge in [0.25, 0.3) is 0 Å². The van der Waals surface area contributed by atoms with Crippen molar-refractivity contribution >= 4 is 11.9 Å². The fourth-order valence-corrected chi connectivity index (χ4v) is 11.2. The number of aliphatic hydroxyl groups excluding tert-OH is 2. The average Bonchev–Trinajstić information content (AvgIpc) is 3.42. The van der Waals surface area contributed by atoms with Crippen molar-refractivity contribution < 1.29 is 24.5 Å². The second-order valence-corrected chi connectivity index (χ2v) is 24.2.